The Balaban J connectivity index is 2.29. The van der Waals surface area contributed by atoms with Crippen LogP contribution in [0.25, 0.3) is 0 Å². The molecule has 0 aliphatic heterocycles. The van der Waals surface area contributed by atoms with Crippen LogP contribution in [-0.4, -0.2) is 6.04 Å². The van der Waals surface area contributed by atoms with Crippen LogP contribution in [-0.2, 0) is 6.42 Å². The Bertz CT molecular complexity index is 339. The summed E-state index contributed by atoms with van der Waals surface area (Å²) in [6.45, 7) is 9.13. The van der Waals surface area contributed by atoms with E-state index < -0.39 is 0 Å². The summed E-state index contributed by atoms with van der Waals surface area (Å²) in [6, 6.07) is 9.59. The van der Waals surface area contributed by atoms with Gasteiger partial charge < -0.3 is 5.32 Å². The van der Waals surface area contributed by atoms with E-state index >= 15 is 0 Å². The van der Waals surface area contributed by atoms with Gasteiger partial charge in [0.25, 0.3) is 0 Å². The van der Waals surface area contributed by atoms with Crippen LogP contribution < -0.4 is 5.32 Å². The lowest BCUT2D eigenvalue weighted by Gasteiger charge is -2.15. The average Bonchev–Trinajstić information content (AvgIpc) is 2.43. The fraction of sp³-hybridized carbons (Fsp3) is 0.684. The van der Waals surface area contributed by atoms with Crippen molar-refractivity contribution in [2.75, 3.05) is 5.32 Å². The van der Waals surface area contributed by atoms with E-state index in [2.05, 4.69) is 57.3 Å². The van der Waals surface area contributed by atoms with E-state index in [1.165, 1.54) is 56.2 Å². The van der Waals surface area contributed by atoms with Gasteiger partial charge >= 0.3 is 0 Å². The largest absolute Gasteiger partial charge is 0.383 e. The van der Waals surface area contributed by atoms with Crippen molar-refractivity contribution in [2.45, 2.75) is 78.7 Å². The van der Waals surface area contributed by atoms with Crippen LogP contribution in [0.4, 0.5) is 5.69 Å². The molecule has 0 saturated carbocycles. The highest BCUT2D eigenvalue weighted by Crippen LogP contribution is 2.15. The molecule has 1 N–H and O–H groups in total. The van der Waals surface area contributed by atoms with E-state index in [0.29, 0.717) is 6.04 Å². The SMILES string of the molecule is CCCCCCC(C)Nc1ccc(CCC(C)C)cc1. The first-order valence-electron chi connectivity index (χ1n) is 8.47. The van der Waals surface area contributed by atoms with Gasteiger partial charge in [0, 0.05) is 11.7 Å². The molecule has 0 bridgehead atoms. The zero-order valence-corrected chi connectivity index (χ0v) is 13.9. The van der Waals surface area contributed by atoms with Gasteiger partial charge in [-0.3, -0.25) is 0 Å². The second kappa shape index (κ2) is 9.85. The fourth-order valence-corrected chi connectivity index (χ4v) is 2.46. The number of anilines is 1. The third kappa shape index (κ3) is 7.57. The first-order chi connectivity index (χ1) is 9.61. The Morgan fingerprint density at radius 3 is 2.20 bits per heavy atom. The van der Waals surface area contributed by atoms with Gasteiger partial charge in [-0.2, -0.15) is 0 Å². The molecule has 1 heteroatoms. The zero-order chi connectivity index (χ0) is 14.8. The van der Waals surface area contributed by atoms with Crippen LogP contribution in [0.15, 0.2) is 24.3 Å². The molecular weight excluding hydrogens is 242 g/mol. The summed E-state index contributed by atoms with van der Waals surface area (Å²) in [5, 5.41) is 3.61. The van der Waals surface area contributed by atoms with Crippen molar-refractivity contribution in [3.05, 3.63) is 29.8 Å². The molecule has 114 valence electrons. The standard InChI is InChI=1S/C19H33N/c1-5-6-7-8-9-17(4)20-19-14-12-18(13-15-19)11-10-16(2)3/h12-17,20H,5-11H2,1-4H3. The van der Waals surface area contributed by atoms with Crippen LogP contribution in [0.1, 0.15) is 71.8 Å². The van der Waals surface area contributed by atoms with E-state index in [4.69, 9.17) is 0 Å². The Morgan fingerprint density at radius 1 is 0.900 bits per heavy atom. The molecule has 1 unspecified atom stereocenters. The summed E-state index contributed by atoms with van der Waals surface area (Å²) in [4.78, 5) is 0. The van der Waals surface area contributed by atoms with Gasteiger partial charge in [-0.05, 0) is 49.8 Å². The van der Waals surface area contributed by atoms with E-state index in [-0.39, 0.29) is 0 Å². The second-order valence-corrected chi connectivity index (χ2v) is 6.52. The lowest BCUT2D eigenvalue weighted by atomic mass is 10.0. The molecule has 0 aromatic heterocycles. The smallest absolute Gasteiger partial charge is 0.0342 e. The van der Waals surface area contributed by atoms with Crippen molar-refractivity contribution >= 4 is 5.69 Å². The molecule has 0 aliphatic rings. The molecule has 0 saturated heterocycles. The number of nitrogens with one attached hydrogen (secondary N) is 1. The highest BCUT2D eigenvalue weighted by Gasteiger charge is 2.02. The summed E-state index contributed by atoms with van der Waals surface area (Å²) in [5.41, 5.74) is 2.72. The van der Waals surface area contributed by atoms with E-state index in [9.17, 15) is 0 Å². The topological polar surface area (TPSA) is 12.0 Å². The van der Waals surface area contributed by atoms with E-state index in [0.717, 1.165) is 5.92 Å². The third-order valence-corrected chi connectivity index (χ3v) is 3.87. The summed E-state index contributed by atoms with van der Waals surface area (Å²) in [7, 11) is 0. The molecule has 1 aromatic carbocycles. The van der Waals surface area contributed by atoms with Gasteiger partial charge in [-0.1, -0.05) is 58.6 Å². The minimum absolute atomic E-state index is 0.577. The molecule has 0 radical (unpaired) electrons. The summed E-state index contributed by atoms with van der Waals surface area (Å²) >= 11 is 0. The Labute approximate surface area is 126 Å². The molecule has 0 heterocycles. The molecular formula is C19H33N. The molecule has 1 rings (SSSR count). The maximum Gasteiger partial charge on any atom is 0.0342 e. The molecule has 1 aromatic rings. The molecule has 0 fully saturated rings. The lowest BCUT2D eigenvalue weighted by Crippen LogP contribution is -2.14. The monoisotopic (exact) mass is 275 g/mol. The number of unbranched alkanes of at least 4 members (excludes halogenated alkanes) is 3. The van der Waals surface area contributed by atoms with Crippen molar-refractivity contribution < 1.29 is 0 Å². The van der Waals surface area contributed by atoms with E-state index in [1.807, 2.05) is 0 Å². The molecule has 1 atom stereocenters. The van der Waals surface area contributed by atoms with Crippen LogP contribution in [0.2, 0.25) is 0 Å². The third-order valence-electron chi connectivity index (χ3n) is 3.87. The van der Waals surface area contributed by atoms with E-state index in [1.54, 1.807) is 0 Å². The lowest BCUT2D eigenvalue weighted by molar-refractivity contribution is 0.586. The molecule has 0 aliphatic carbocycles. The summed E-state index contributed by atoms with van der Waals surface area (Å²) in [6.07, 6.45) is 9.16. The van der Waals surface area contributed by atoms with Crippen molar-refractivity contribution in [3.63, 3.8) is 0 Å². The minimum atomic E-state index is 0.577. The van der Waals surface area contributed by atoms with Gasteiger partial charge in [-0.25, -0.2) is 0 Å². The number of aryl methyl sites for hydroxylation is 1. The number of hydrogen-bond donors (Lipinski definition) is 1. The predicted octanol–water partition coefficient (Wildman–Crippen LogP) is 6.05. The summed E-state index contributed by atoms with van der Waals surface area (Å²) in [5.74, 6) is 0.788. The molecule has 20 heavy (non-hydrogen) atoms. The zero-order valence-electron chi connectivity index (χ0n) is 13.9. The Morgan fingerprint density at radius 2 is 1.60 bits per heavy atom. The first-order valence-corrected chi connectivity index (χ1v) is 8.47. The van der Waals surface area contributed by atoms with Gasteiger partial charge in [0.1, 0.15) is 0 Å². The highest BCUT2D eigenvalue weighted by molar-refractivity contribution is 5.45. The van der Waals surface area contributed by atoms with Crippen LogP contribution in [0, 0.1) is 5.92 Å². The van der Waals surface area contributed by atoms with Crippen molar-refractivity contribution in [2.24, 2.45) is 5.92 Å². The second-order valence-electron chi connectivity index (χ2n) is 6.52. The average molecular weight is 275 g/mol. The highest BCUT2D eigenvalue weighted by atomic mass is 14.9. The molecule has 0 amide bonds. The van der Waals surface area contributed by atoms with Gasteiger partial charge in [0.15, 0.2) is 0 Å². The minimum Gasteiger partial charge on any atom is -0.383 e. The van der Waals surface area contributed by atoms with Gasteiger partial charge in [0.2, 0.25) is 0 Å². The number of benzene rings is 1. The van der Waals surface area contributed by atoms with Crippen LogP contribution in [0.3, 0.4) is 0 Å². The Hall–Kier alpha value is -0.980. The number of rotatable bonds is 10. The predicted molar refractivity (Wildman–Crippen MR) is 91.4 cm³/mol. The number of hydrogen-bond acceptors (Lipinski definition) is 1. The van der Waals surface area contributed by atoms with Crippen LogP contribution in [0.5, 0.6) is 0 Å². The van der Waals surface area contributed by atoms with Crippen molar-refractivity contribution in [3.8, 4) is 0 Å². The van der Waals surface area contributed by atoms with Crippen molar-refractivity contribution in [1.82, 2.24) is 0 Å². The maximum absolute atomic E-state index is 3.61. The molecule has 0 spiro atoms. The Kier molecular flexibility index (Phi) is 8.41. The van der Waals surface area contributed by atoms with Gasteiger partial charge in [0.05, 0.1) is 0 Å². The van der Waals surface area contributed by atoms with Crippen molar-refractivity contribution in [1.29, 1.82) is 0 Å². The van der Waals surface area contributed by atoms with Gasteiger partial charge in [-0.15, -0.1) is 0 Å². The first kappa shape index (κ1) is 17.1. The maximum atomic E-state index is 3.61. The summed E-state index contributed by atoms with van der Waals surface area (Å²) < 4.78 is 0. The quantitative estimate of drug-likeness (QED) is 0.513. The normalized spacial score (nSPS) is 12.7. The fourth-order valence-electron chi connectivity index (χ4n) is 2.46. The molecule has 1 nitrogen and oxygen atoms in total. The van der Waals surface area contributed by atoms with Crippen LogP contribution >= 0.6 is 0 Å².